The third-order valence-corrected chi connectivity index (χ3v) is 2.67. The summed E-state index contributed by atoms with van der Waals surface area (Å²) in [6.45, 7) is 1.96. The monoisotopic (exact) mass is 184 g/mol. The van der Waals surface area contributed by atoms with Crippen LogP contribution in [0.3, 0.4) is 0 Å². The molecule has 1 N–H and O–H groups in total. The van der Waals surface area contributed by atoms with Gasteiger partial charge < -0.3 is 15.0 Å². The van der Waals surface area contributed by atoms with Crippen molar-refractivity contribution in [2.24, 2.45) is 0 Å². The summed E-state index contributed by atoms with van der Waals surface area (Å²) in [5, 5.41) is 3.17. The Bertz CT molecular complexity index is 200. The van der Waals surface area contributed by atoms with Gasteiger partial charge in [-0.15, -0.1) is 0 Å². The molecule has 0 atom stereocenters. The minimum Gasteiger partial charge on any atom is -0.378 e. The van der Waals surface area contributed by atoms with Gasteiger partial charge in [-0.25, -0.2) is 0 Å². The lowest BCUT2D eigenvalue weighted by molar-refractivity contribution is -0.130. The first-order valence-corrected chi connectivity index (χ1v) is 4.84. The molecule has 0 radical (unpaired) electrons. The van der Waals surface area contributed by atoms with Crippen LogP contribution in [-0.2, 0) is 9.53 Å². The predicted molar refractivity (Wildman–Crippen MR) is 48.4 cm³/mol. The molecule has 1 aliphatic carbocycles. The summed E-state index contributed by atoms with van der Waals surface area (Å²) >= 11 is 0. The van der Waals surface area contributed by atoms with Crippen molar-refractivity contribution in [2.75, 3.05) is 26.8 Å². The van der Waals surface area contributed by atoms with Gasteiger partial charge in [-0.1, -0.05) is 0 Å². The maximum Gasteiger partial charge on any atom is 0.236 e. The van der Waals surface area contributed by atoms with E-state index in [1.54, 1.807) is 0 Å². The highest BCUT2D eigenvalue weighted by molar-refractivity contribution is 5.78. The lowest BCUT2D eigenvalue weighted by atomic mass is 10.2. The molecule has 13 heavy (non-hydrogen) atoms. The molecule has 0 unspecified atom stereocenters. The van der Waals surface area contributed by atoms with Gasteiger partial charge in [-0.2, -0.15) is 0 Å². The number of likely N-dealkylation sites (N-methyl/N-ethyl adjacent to an activating group) is 1. The number of rotatable bonds is 4. The first-order valence-electron chi connectivity index (χ1n) is 4.84. The van der Waals surface area contributed by atoms with Crippen LogP contribution in [0.1, 0.15) is 12.8 Å². The molecule has 74 valence electrons. The summed E-state index contributed by atoms with van der Waals surface area (Å²) in [6, 6.07) is 0.920. The van der Waals surface area contributed by atoms with E-state index in [2.05, 4.69) is 5.32 Å². The smallest absolute Gasteiger partial charge is 0.236 e. The number of amides is 1. The van der Waals surface area contributed by atoms with Crippen LogP contribution < -0.4 is 5.32 Å². The van der Waals surface area contributed by atoms with Crippen molar-refractivity contribution < 1.29 is 9.53 Å². The molecule has 0 bridgehead atoms. The minimum absolute atomic E-state index is 0.203. The van der Waals surface area contributed by atoms with E-state index in [4.69, 9.17) is 4.74 Å². The maximum absolute atomic E-state index is 11.5. The lowest BCUT2D eigenvalue weighted by Gasteiger charge is -2.27. The lowest BCUT2D eigenvalue weighted by Crippen LogP contribution is -2.49. The molecule has 0 aromatic heterocycles. The largest absolute Gasteiger partial charge is 0.378 e. The molecule has 4 nitrogen and oxygen atoms in total. The average Bonchev–Trinajstić information content (AvgIpc) is 2.82. The standard InChI is InChI=1S/C9H16N2O2/c1-11(8-2-3-8)9(12)4-10-7-5-13-6-7/h7-8,10H,2-6H2,1H3. The van der Waals surface area contributed by atoms with E-state index in [9.17, 15) is 4.79 Å². The second-order valence-electron chi connectivity index (χ2n) is 3.85. The fourth-order valence-electron chi connectivity index (χ4n) is 1.38. The zero-order valence-corrected chi connectivity index (χ0v) is 7.95. The molecule has 2 aliphatic rings. The van der Waals surface area contributed by atoms with Crippen molar-refractivity contribution in [3.63, 3.8) is 0 Å². The van der Waals surface area contributed by atoms with Crippen LogP contribution in [0.4, 0.5) is 0 Å². The van der Waals surface area contributed by atoms with Crippen molar-refractivity contribution in [3.05, 3.63) is 0 Å². The van der Waals surface area contributed by atoms with Gasteiger partial charge in [-0.3, -0.25) is 4.79 Å². The van der Waals surface area contributed by atoms with Gasteiger partial charge in [0.15, 0.2) is 0 Å². The summed E-state index contributed by atoms with van der Waals surface area (Å²) in [7, 11) is 1.89. The van der Waals surface area contributed by atoms with E-state index >= 15 is 0 Å². The summed E-state index contributed by atoms with van der Waals surface area (Å²) in [4.78, 5) is 13.3. The maximum atomic E-state index is 11.5. The van der Waals surface area contributed by atoms with E-state index in [0.717, 1.165) is 13.2 Å². The van der Waals surface area contributed by atoms with Gasteiger partial charge in [0.05, 0.1) is 25.8 Å². The molecule has 2 rings (SSSR count). The molecule has 2 fully saturated rings. The number of nitrogens with zero attached hydrogens (tertiary/aromatic N) is 1. The summed E-state index contributed by atoms with van der Waals surface area (Å²) < 4.78 is 5.00. The highest BCUT2D eigenvalue weighted by Gasteiger charge is 2.29. The third-order valence-electron chi connectivity index (χ3n) is 2.67. The van der Waals surface area contributed by atoms with E-state index < -0.39 is 0 Å². The van der Waals surface area contributed by atoms with E-state index in [0.29, 0.717) is 18.6 Å². The van der Waals surface area contributed by atoms with Crippen molar-refractivity contribution in [2.45, 2.75) is 24.9 Å². The summed E-state index contributed by atoms with van der Waals surface area (Å²) in [5.74, 6) is 0.203. The van der Waals surface area contributed by atoms with Crippen molar-refractivity contribution in [3.8, 4) is 0 Å². The highest BCUT2D eigenvalue weighted by Crippen LogP contribution is 2.25. The Morgan fingerprint density at radius 2 is 2.23 bits per heavy atom. The van der Waals surface area contributed by atoms with Crippen LogP contribution in [0, 0.1) is 0 Å². The Balaban J connectivity index is 1.64. The Morgan fingerprint density at radius 1 is 1.54 bits per heavy atom. The minimum atomic E-state index is 0.203. The molecular formula is C9H16N2O2. The Labute approximate surface area is 78.2 Å². The molecule has 1 saturated carbocycles. The zero-order valence-electron chi connectivity index (χ0n) is 7.95. The molecule has 0 aromatic rings. The SMILES string of the molecule is CN(C(=O)CNC1COC1)C1CC1. The van der Waals surface area contributed by atoms with E-state index in [1.807, 2.05) is 11.9 Å². The zero-order chi connectivity index (χ0) is 9.26. The number of hydrogen-bond acceptors (Lipinski definition) is 3. The first-order chi connectivity index (χ1) is 6.27. The van der Waals surface area contributed by atoms with Gasteiger partial charge in [0, 0.05) is 13.1 Å². The average molecular weight is 184 g/mol. The molecule has 4 heteroatoms. The molecule has 0 aromatic carbocycles. The molecule has 1 aliphatic heterocycles. The normalized spacial score (nSPS) is 22.5. The number of hydrogen-bond donors (Lipinski definition) is 1. The number of ether oxygens (including phenoxy) is 1. The molecule has 1 amide bonds. The predicted octanol–water partition coefficient (Wildman–Crippen LogP) is -0.404. The molecule has 0 spiro atoms. The van der Waals surface area contributed by atoms with Crippen LogP contribution in [0.5, 0.6) is 0 Å². The van der Waals surface area contributed by atoms with Crippen LogP contribution in [0.25, 0.3) is 0 Å². The van der Waals surface area contributed by atoms with E-state index in [-0.39, 0.29) is 5.91 Å². The van der Waals surface area contributed by atoms with Gasteiger partial charge in [0.1, 0.15) is 0 Å². The Hall–Kier alpha value is -0.610. The van der Waals surface area contributed by atoms with Crippen molar-refractivity contribution >= 4 is 5.91 Å². The van der Waals surface area contributed by atoms with Crippen molar-refractivity contribution in [1.29, 1.82) is 0 Å². The summed E-state index contributed by atoms with van der Waals surface area (Å²) in [5.41, 5.74) is 0. The van der Waals surface area contributed by atoms with Crippen LogP contribution in [0.2, 0.25) is 0 Å². The fraction of sp³-hybridized carbons (Fsp3) is 0.889. The fourth-order valence-corrected chi connectivity index (χ4v) is 1.38. The van der Waals surface area contributed by atoms with Crippen LogP contribution >= 0.6 is 0 Å². The second-order valence-corrected chi connectivity index (χ2v) is 3.85. The van der Waals surface area contributed by atoms with Gasteiger partial charge >= 0.3 is 0 Å². The second kappa shape index (κ2) is 3.64. The quantitative estimate of drug-likeness (QED) is 0.646. The molecular weight excluding hydrogens is 168 g/mol. The van der Waals surface area contributed by atoms with Crippen molar-refractivity contribution in [1.82, 2.24) is 10.2 Å². The Morgan fingerprint density at radius 3 is 2.69 bits per heavy atom. The number of carbonyl (C=O) groups excluding carboxylic acids is 1. The van der Waals surface area contributed by atoms with Gasteiger partial charge in [0.25, 0.3) is 0 Å². The van der Waals surface area contributed by atoms with Crippen LogP contribution in [0.15, 0.2) is 0 Å². The topological polar surface area (TPSA) is 41.6 Å². The molecule has 1 saturated heterocycles. The Kier molecular flexibility index (Phi) is 2.51. The third kappa shape index (κ3) is 2.19. The van der Waals surface area contributed by atoms with Gasteiger partial charge in [0.2, 0.25) is 5.91 Å². The van der Waals surface area contributed by atoms with Gasteiger partial charge in [-0.05, 0) is 12.8 Å². The number of carbonyl (C=O) groups is 1. The molecule has 1 heterocycles. The van der Waals surface area contributed by atoms with Crippen LogP contribution in [-0.4, -0.2) is 49.7 Å². The highest BCUT2D eigenvalue weighted by atomic mass is 16.5. The number of nitrogens with one attached hydrogen (secondary N) is 1. The van der Waals surface area contributed by atoms with E-state index in [1.165, 1.54) is 12.8 Å². The first kappa shape index (κ1) is 8.97. The summed E-state index contributed by atoms with van der Waals surface area (Å²) in [6.07, 6.45) is 2.35.